The van der Waals surface area contributed by atoms with Gasteiger partial charge >= 0.3 is 0 Å². The second-order valence-corrected chi connectivity index (χ2v) is 7.86. The Labute approximate surface area is 168 Å². The van der Waals surface area contributed by atoms with Crippen LogP contribution in [0.1, 0.15) is 29.8 Å². The third-order valence-corrected chi connectivity index (χ3v) is 5.68. The number of morpholine rings is 1. The highest BCUT2D eigenvalue weighted by Crippen LogP contribution is 2.29. The van der Waals surface area contributed by atoms with Gasteiger partial charge in [-0.15, -0.1) is 11.3 Å². The molecule has 1 saturated heterocycles. The monoisotopic (exact) mass is 400 g/mol. The SMILES string of the molecule is O=C(CCN(C(=O)c1csc(Nc2ccccc2)n1)C1CC1)N1CCOCC1. The first-order valence-electron chi connectivity index (χ1n) is 9.65. The number of rotatable bonds is 7. The van der Waals surface area contributed by atoms with Crippen molar-refractivity contribution in [3.05, 3.63) is 41.4 Å². The lowest BCUT2D eigenvalue weighted by Crippen LogP contribution is -2.43. The largest absolute Gasteiger partial charge is 0.378 e. The predicted molar refractivity (Wildman–Crippen MR) is 108 cm³/mol. The summed E-state index contributed by atoms with van der Waals surface area (Å²) < 4.78 is 5.29. The van der Waals surface area contributed by atoms with Crippen molar-refractivity contribution in [1.29, 1.82) is 0 Å². The van der Waals surface area contributed by atoms with Gasteiger partial charge in [0.2, 0.25) is 5.91 Å². The van der Waals surface area contributed by atoms with Crippen LogP contribution < -0.4 is 5.32 Å². The Morgan fingerprint density at radius 2 is 1.96 bits per heavy atom. The highest BCUT2D eigenvalue weighted by Gasteiger charge is 2.34. The van der Waals surface area contributed by atoms with Gasteiger partial charge in [0.15, 0.2) is 5.13 Å². The van der Waals surface area contributed by atoms with E-state index in [4.69, 9.17) is 4.74 Å². The van der Waals surface area contributed by atoms with Crippen molar-refractivity contribution in [3.8, 4) is 0 Å². The molecular formula is C20H24N4O3S. The summed E-state index contributed by atoms with van der Waals surface area (Å²) in [5.74, 6) is 0.00102. The number of amides is 2. The summed E-state index contributed by atoms with van der Waals surface area (Å²) in [4.78, 5) is 33.5. The van der Waals surface area contributed by atoms with Gasteiger partial charge in [0.1, 0.15) is 5.69 Å². The van der Waals surface area contributed by atoms with E-state index in [-0.39, 0.29) is 17.9 Å². The Morgan fingerprint density at radius 3 is 2.68 bits per heavy atom. The number of ether oxygens (including phenoxy) is 1. The van der Waals surface area contributed by atoms with E-state index >= 15 is 0 Å². The topological polar surface area (TPSA) is 74.8 Å². The molecule has 8 heteroatoms. The molecule has 4 rings (SSSR count). The molecule has 2 aliphatic rings. The minimum Gasteiger partial charge on any atom is -0.378 e. The number of anilines is 2. The van der Waals surface area contributed by atoms with Gasteiger partial charge in [-0.3, -0.25) is 9.59 Å². The first kappa shape index (κ1) is 18.9. The summed E-state index contributed by atoms with van der Waals surface area (Å²) in [7, 11) is 0. The molecule has 2 aromatic rings. The van der Waals surface area contributed by atoms with E-state index in [2.05, 4.69) is 10.3 Å². The van der Waals surface area contributed by atoms with Crippen LogP contribution in [0.4, 0.5) is 10.8 Å². The summed E-state index contributed by atoms with van der Waals surface area (Å²) in [5.41, 5.74) is 1.38. The number of benzene rings is 1. The van der Waals surface area contributed by atoms with E-state index in [9.17, 15) is 9.59 Å². The molecular weight excluding hydrogens is 376 g/mol. The van der Waals surface area contributed by atoms with Crippen molar-refractivity contribution in [2.75, 3.05) is 38.2 Å². The molecule has 1 aromatic carbocycles. The Bertz CT molecular complexity index is 816. The molecule has 2 heterocycles. The Morgan fingerprint density at radius 1 is 1.21 bits per heavy atom. The smallest absolute Gasteiger partial charge is 0.273 e. The molecule has 1 aromatic heterocycles. The molecule has 1 aliphatic heterocycles. The molecule has 0 bridgehead atoms. The highest BCUT2D eigenvalue weighted by atomic mass is 32.1. The van der Waals surface area contributed by atoms with Gasteiger partial charge < -0.3 is 19.9 Å². The first-order valence-corrected chi connectivity index (χ1v) is 10.5. The fraction of sp³-hybridized carbons (Fsp3) is 0.450. The Balaban J connectivity index is 1.36. The molecule has 0 atom stereocenters. The standard InChI is InChI=1S/C20H24N4O3S/c25-18(23-10-12-27-13-11-23)8-9-24(16-6-7-16)19(26)17-14-28-20(22-17)21-15-4-2-1-3-5-15/h1-5,14,16H,6-13H2,(H,21,22). The van der Waals surface area contributed by atoms with E-state index < -0.39 is 0 Å². The van der Waals surface area contributed by atoms with Crippen molar-refractivity contribution in [3.63, 3.8) is 0 Å². The quantitative estimate of drug-likeness (QED) is 0.774. The zero-order chi connectivity index (χ0) is 19.3. The average molecular weight is 401 g/mol. The zero-order valence-corrected chi connectivity index (χ0v) is 16.5. The predicted octanol–water partition coefficient (Wildman–Crippen LogP) is 2.74. The second kappa shape index (κ2) is 8.70. The maximum absolute atomic E-state index is 13.0. The second-order valence-electron chi connectivity index (χ2n) is 7.00. The maximum Gasteiger partial charge on any atom is 0.273 e. The van der Waals surface area contributed by atoms with E-state index in [0.717, 1.165) is 18.5 Å². The third kappa shape index (κ3) is 4.69. The average Bonchev–Trinajstić information content (AvgIpc) is 3.47. The van der Waals surface area contributed by atoms with Gasteiger partial charge in [0.05, 0.1) is 13.2 Å². The molecule has 2 amide bonds. The van der Waals surface area contributed by atoms with Crippen LogP contribution in [0.5, 0.6) is 0 Å². The first-order chi connectivity index (χ1) is 13.7. The Hall–Kier alpha value is -2.45. The third-order valence-electron chi connectivity index (χ3n) is 4.93. The molecule has 148 valence electrons. The minimum absolute atomic E-state index is 0.0883. The molecule has 1 aliphatic carbocycles. The van der Waals surface area contributed by atoms with E-state index in [1.165, 1.54) is 11.3 Å². The number of hydrogen-bond acceptors (Lipinski definition) is 6. The molecule has 0 radical (unpaired) electrons. The van der Waals surface area contributed by atoms with Gasteiger partial charge in [0.25, 0.3) is 5.91 Å². The summed E-state index contributed by atoms with van der Waals surface area (Å²) in [5, 5.41) is 5.69. The molecule has 0 unspecified atom stereocenters. The van der Waals surface area contributed by atoms with Crippen LogP contribution in [0.15, 0.2) is 35.7 Å². The van der Waals surface area contributed by atoms with Crippen molar-refractivity contribution >= 4 is 34.0 Å². The van der Waals surface area contributed by atoms with Crippen LogP contribution in [0.2, 0.25) is 0 Å². The van der Waals surface area contributed by atoms with Crippen LogP contribution in [0.25, 0.3) is 0 Å². The number of nitrogens with zero attached hydrogens (tertiary/aromatic N) is 3. The summed E-state index contributed by atoms with van der Waals surface area (Å²) in [6, 6.07) is 9.99. The number of para-hydroxylation sites is 1. The summed E-state index contributed by atoms with van der Waals surface area (Å²) >= 11 is 1.41. The lowest BCUT2D eigenvalue weighted by molar-refractivity contribution is -0.135. The molecule has 2 fully saturated rings. The van der Waals surface area contributed by atoms with Crippen LogP contribution in [-0.2, 0) is 9.53 Å². The number of nitrogens with one attached hydrogen (secondary N) is 1. The van der Waals surface area contributed by atoms with Gasteiger partial charge in [-0.25, -0.2) is 4.98 Å². The molecule has 28 heavy (non-hydrogen) atoms. The number of aromatic nitrogens is 1. The van der Waals surface area contributed by atoms with Crippen molar-refractivity contribution < 1.29 is 14.3 Å². The minimum atomic E-state index is -0.0883. The molecule has 1 saturated carbocycles. The lowest BCUT2D eigenvalue weighted by Gasteiger charge is -2.28. The fourth-order valence-electron chi connectivity index (χ4n) is 3.24. The normalized spacial score (nSPS) is 16.6. The van der Waals surface area contributed by atoms with Gasteiger partial charge in [0, 0.05) is 43.2 Å². The van der Waals surface area contributed by atoms with E-state index in [1.807, 2.05) is 40.1 Å². The van der Waals surface area contributed by atoms with Crippen LogP contribution in [0.3, 0.4) is 0 Å². The van der Waals surface area contributed by atoms with Crippen molar-refractivity contribution in [2.45, 2.75) is 25.3 Å². The highest BCUT2D eigenvalue weighted by molar-refractivity contribution is 7.14. The number of thiazole rings is 1. The summed E-state index contributed by atoms with van der Waals surface area (Å²) in [6.07, 6.45) is 2.34. The number of hydrogen-bond donors (Lipinski definition) is 1. The zero-order valence-electron chi connectivity index (χ0n) is 15.7. The van der Waals surface area contributed by atoms with Crippen LogP contribution in [0, 0.1) is 0 Å². The maximum atomic E-state index is 13.0. The van der Waals surface area contributed by atoms with Crippen molar-refractivity contribution in [1.82, 2.24) is 14.8 Å². The van der Waals surface area contributed by atoms with Crippen LogP contribution in [-0.4, -0.2) is 65.5 Å². The van der Waals surface area contributed by atoms with E-state index in [1.54, 1.807) is 5.38 Å². The Kier molecular flexibility index (Phi) is 5.87. The van der Waals surface area contributed by atoms with Gasteiger partial charge in [-0.05, 0) is 25.0 Å². The summed E-state index contributed by atoms with van der Waals surface area (Å²) in [6.45, 7) is 2.90. The molecule has 1 N–H and O–H groups in total. The van der Waals surface area contributed by atoms with Crippen LogP contribution >= 0.6 is 11.3 Å². The van der Waals surface area contributed by atoms with Gasteiger partial charge in [-0.1, -0.05) is 18.2 Å². The fourth-order valence-corrected chi connectivity index (χ4v) is 3.95. The molecule has 0 spiro atoms. The number of carbonyl (C=O) groups is 2. The van der Waals surface area contributed by atoms with Gasteiger partial charge in [-0.2, -0.15) is 0 Å². The van der Waals surface area contributed by atoms with Crippen molar-refractivity contribution in [2.24, 2.45) is 0 Å². The lowest BCUT2D eigenvalue weighted by atomic mass is 10.2. The number of carbonyl (C=O) groups excluding carboxylic acids is 2. The van der Waals surface area contributed by atoms with E-state index in [0.29, 0.717) is 50.1 Å². The molecule has 7 nitrogen and oxygen atoms in total.